The van der Waals surface area contributed by atoms with E-state index < -0.39 is 0 Å². The lowest BCUT2D eigenvalue weighted by Gasteiger charge is -2.15. The zero-order valence-electron chi connectivity index (χ0n) is 9.73. The second-order valence-electron chi connectivity index (χ2n) is 3.44. The molecule has 0 saturated heterocycles. The van der Waals surface area contributed by atoms with Gasteiger partial charge in [0.1, 0.15) is 12.0 Å². The normalized spacial score (nSPS) is 11.9. The molecule has 0 fully saturated rings. The summed E-state index contributed by atoms with van der Waals surface area (Å²) in [5, 5.41) is 3.18. The van der Waals surface area contributed by atoms with Gasteiger partial charge in [-0.3, -0.25) is 0 Å². The van der Waals surface area contributed by atoms with Crippen LogP contribution in [0.3, 0.4) is 0 Å². The second kappa shape index (κ2) is 5.95. The topological polar surface area (TPSA) is 73.1 Å². The van der Waals surface area contributed by atoms with Gasteiger partial charge in [-0.15, -0.1) is 6.58 Å². The van der Waals surface area contributed by atoms with Crippen molar-refractivity contribution in [3.05, 3.63) is 19.0 Å². The zero-order chi connectivity index (χ0) is 12.0. The van der Waals surface area contributed by atoms with Gasteiger partial charge in [0.15, 0.2) is 5.82 Å². The minimum atomic E-state index is 0.226. The number of nitrogens with one attached hydrogen (secondary N) is 1. The predicted molar refractivity (Wildman–Crippen MR) is 65.5 cm³/mol. The Morgan fingerprint density at radius 3 is 3.00 bits per heavy atom. The molecule has 1 aromatic rings. The van der Waals surface area contributed by atoms with Crippen molar-refractivity contribution in [2.75, 3.05) is 17.7 Å². The molecule has 88 valence electrons. The first-order valence-corrected chi connectivity index (χ1v) is 5.29. The lowest BCUT2D eigenvalue weighted by Crippen LogP contribution is -2.17. The Kier molecular flexibility index (Phi) is 4.57. The second-order valence-corrected chi connectivity index (χ2v) is 3.44. The maximum absolute atomic E-state index is 5.88. The highest BCUT2D eigenvalue weighted by Crippen LogP contribution is 2.25. The van der Waals surface area contributed by atoms with E-state index in [1.807, 2.05) is 19.9 Å². The van der Waals surface area contributed by atoms with Gasteiger partial charge in [0.2, 0.25) is 5.88 Å². The molecule has 5 nitrogen and oxygen atoms in total. The van der Waals surface area contributed by atoms with E-state index in [1.165, 1.54) is 6.33 Å². The average molecular weight is 222 g/mol. The molecule has 0 bridgehead atoms. The van der Waals surface area contributed by atoms with E-state index in [4.69, 9.17) is 10.5 Å². The number of nitrogens with two attached hydrogens (primary N) is 1. The van der Waals surface area contributed by atoms with Crippen LogP contribution in [0.25, 0.3) is 0 Å². The smallest absolute Gasteiger partial charge is 0.242 e. The summed E-state index contributed by atoms with van der Waals surface area (Å²) >= 11 is 0. The van der Waals surface area contributed by atoms with E-state index in [0.717, 1.165) is 6.42 Å². The van der Waals surface area contributed by atoms with Gasteiger partial charge in [-0.05, 0) is 20.3 Å². The van der Waals surface area contributed by atoms with E-state index in [1.54, 1.807) is 0 Å². The van der Waals surface area contributed by atoms with Gasteiger partial charge in [-0.25, -0.2) is 4.98 Å². The van der Waals surface area contributed by atoms with Crippen LogP contribution in [0.5, 0.6) is 5.88 Å². The lowest BCUT2D eigenvalue weighted by atomic mass is 10.2. The minimum absolute atomic E-state index is 0.226. The van der Waals surface area contributed by atoms with Crippen molar-refractivity contribution in [1.29, 1.82) is 0 Å². The Morgan fingerprint density at radius 2 is 2.38 bits per heavy atom. The highest BCUT2D eigenvalue weighted by Gasteiger charge is 2.10. The summed E-state index contributed by atoms with van der Waals surface area (Å²) in [4.78, 5) is 8.05. The zero-order valence-corrected chi connectivity index (χ0v) is 9.73. The fourth-order valence-electron chi connectivity index (χ4n) is 1.29. The molecule has 5 heteroatoms. The van der Waals surface area contributed by atoms with E-state index in [0.29, 0.717) is 24.0 Å². The maximum atomic E-state index is 5.88. The third-order valence-electron chi connectivity index (χ3n) is 2.03. The Labute approximate surface area is 95.7 Å². The molecule has 0 spiro atoms. The molecule has 1 aromatic heterocycles. The van der Waals surface area contributed by atoms with Crippen molar-refractivity contribution in [2.45, 2.75) is 26.3 Å². The van der Waals surface area contributed by atoms with Crippen molar-refractivity contribution in [1.82, 2.24) is 9.97 Å². The van der Waals surface area contributed by atoms with Gasteiger partial charge in [0.25, 0.3) is 0 Å². The molecule has 0 aliphatic rings. The molecule has 1 atom stereocenters. The fraction of sp³-hybridized carbons (Fsp3) is 0.455. The number of hydrogen-bond donors (Lipinski definition) is 2. The highest BCUT2D eigenvalue weighted by molar-refractivity contribution is 5.66. The van der Waals surface area contributed by atoms with Crippen molar-refractivity contribution in [3.8, 4) is 5.88 Å². The molecule has 1 unspecified atom stereocenters. The van der Waals surface area contributed by atoms with Crippen LogP contribution in [0.4, 0.5) is 11.5 Å². The lowest BCUT2D eigenvalue weighted by molar-refractivity contribution is 0.328. The molecular weight excluding hydrogens is 204 g/mol. The van der Waals surface area contributed by atoms with Crippen LogP contribution in [0.1, 0.15) is 20.3 Å². The number of rotatable bonds is 6. The minimum Gasteiger partial charge on any atom is -0.476 e. The predicted octanol–water partition coefficient (Wildman–Crippen LogP) is 1.83. The molecule has 1 rings (SSSR count). The summed E-state index contributed by atoms with van der Waals surface area (Å²) in [5.74, 6) is 1.03. The van der Waals surface area contributed by atoms with Crippen LogP contribution in [0, 0.1) is 0 Å². The first-order chi connectivity index (χ1) is 7.69. The van der Waals surface area contributed by atoms with Gasteiger partial charge < -0.3 is 15.8 Å². The van der Waals surface area contributed by atoms with Crippen molar-refractivity contribution in [3.63, 3.8) is 0 Å². The number of ether oxygens (including phenoxy) is 1. The van der Waals surface area contributed by atoms with E-state index in [2.05, 4.69) is 21.9 Å². The standard InChI is InChI=1S/C11H18N4O/c1-4-6-8(3)15-10-9(12)11(16-5-2)14-7-13-10/h4,7-8H,1,5-6,12H2,2-3H3,(H,13,14,15). The Morgan fingerprint density at radius 1 is 1.62 bits per heavy atom. The fourth-order valence-corrected chi connectivity index (χ4v) is 1.29. The van der Waals surface area contributed by atoms with Crippen LogP contribution < -0.4 is 15.8 Å². The molecule has 0 saturated carbocycles. The Hall–Kier alpha value is -1.78. The Balaban J connectivity index is 2.79. The van der Waals surface area contributed by atoms with Crippen molar-refractivity contribution in [2.24, 2.45) is 0 Å². The van der Waals surface area contributed by atoms with Crippen molar-refractivity contribution >= 4 is 11.5 Å². The SMILES string of the molecule is C=CCC(C)Nc1ncnc(OCC)c1N. The summed E-state index contributed by atoms with van der Waals surface area (Å²) in [6.45, 7) is 8.13. The van der Waals surface area contributed by atoms with E-state index in [-0.39, 0.29) is 6.04 Å². The molecule has 0 aromatic carbocycles. The Bertz CT molecular complexity index is 354. The molecular formula is C11H18N4O. The van der Waals surface area contributed by atoms with Crippen LogP contribution >= 0.6 is 0 Å². The number of nitrogens with zero attached hydrogens (tertiary/aromatic N) is 2. The third-order valence-corrected chi connectivity index (χ3v) is 2.03. The first-order valence-electron chi connectivity index (χ1n) is 5.29. The van der Waals surface area contributed by atoms with E-state index in [9.17, 15) is 0 Å². The van der Waals surface area contributed by atoms with Gasteiger partial charge in [0.05, 0.1) is 6.61 Å². The van der Waals surface area contributed by atoms with Gasteiger partial charge in [-0.2, -0.15) is 4.98 Å². The first kappa shape index (κ1) is 12.3. The quantitative estimate of drug-likeness (QED) is 0.718. The van der Waals surface area contributed by atoms with Crippen LogP contribution in [0.15, 0.2) is 19.0 Å². The number of hydrogen-bond acceptors (Lipinski definition) is 5. The number of anilines is 2. The largest absolute Gasteiger partial charge is 0.476 e. The number of aromatic nitrogens is 2. The monoisotopic (exact) mass is 222 g/mol. The number of nitrogen functional groups attached to an aromatic ring is 1. The maximum Gasteiger partial charge on any atom is 0.242 e. The van der Waals surface area contributed by atoms with Gasteiger partial charge >= 0.3 is 0 Å². The summed E-state index contributed by atoms with van der Waals surface area (Å²) in [6.07, 6.45) is 4.12. The highest BCUT2D eigenvalue weighted by atomic mass is 16.5. The molecule has 0 aliphatic heterocycles. The van der Waals surface area contributed by atoms with Crippen LogP contribution in [-0.2, 0) is 0 Å². The van der Waals surface area contributed by atoms with Gasteiger partial charge in [0, 0.05) is 6.04 Å². The summed E-state index contributed by atoms with van der Waals surface area (Å²) < 4.78 is 5.28. The van der Waals surface area contributed by atoms with E-state index >= 15 is 0 Å². The molecule has 0 aliphatic carbocycles. The van der Waals surface area contributed by atoms with Crippen LogP contribution in [-0.4, -0.2) is 22.6 Å². The van der Waals surface area contributed by atoms with Crippen LogP contribution in [0.2, 0.25) is 0 Å². The third kappa shape index (κ3) is 3.12. The molecule has 16 heavy (non-hydrogen) atoms. The molecule has 0 amide bonds. The molecule has 1 heterocycles. The molecule has 3 N–H and O–H groups in total. The summed E-state index contributed by atoms with van der Waals surface area (Å²) in [5.41, 5.74) is 6.32. The summed E-state index contributed by atoms with van der Waals surface area (Å²) in [6, 6.07) is 0.226. The average Bonchev–Trinajstić information content (AvgIpc) is 2.24. The molecule has 0 radical (unpaired) electrons. The van der Waals surface area contributed by atoms with Gasteiger partial charge in [-0.1, -0.05) is 6.08 Å². The van der Waals surface area contributed by atoms with Crippen molar-refractivity contribution < 1.29 is 4.74 Å². The summed E-state index contributed by atoms with van der Waals surface area (Å²) in [7, 11) is 0.